The number of fused-ring (bicyclic) bond motifs is 1. The Bertz CT molecular complexity index is 921. The van der Waals surface area contributed by atoms with Gasteiger partial charge in [-0.2, -0.15) is 0 Å². The molecule has 0 fully saturated rings. The van der Waals surface area contributed by atoms with Gasteiger partial charge in [-0.05, 0) is 53.5 Å². The van der Waals surface area contributed by atoms with E-state index >= 15 is 0 Å². The van der Waals surface area contributed by atoms with Crippen LogP contribution in [0.1, 0.15) is 37.0 Å². The lowest BCUT2D eigenvalue weighted by Crippen LogP contribution is -2.32. The lowest BCUT2D eigenvalue weighted by atomic mass is 9.99. The Hall–Kier alpha value is -2.16. The number of anilines is 2. The molecule has 0 radical (unpaired) electrons. The van der Waals surface area contributed by atoms with Gasteiger partial charge in [-0.25, -0.2) is 4.98 Å². The molecule has 0 saturated heterocycles. The Morgan fingerprint density at radius 2 is 2.20 bits per heavy atom. The molecule has 1 aliphatic rings. The highest BCUT2D eigenvalue weighted by atomic mass is 79.9. The number of aromatic nitrogens is 1. The first-order valence-corrected chi connectivity index (χ1v) is 10.9. The van der Waals surface area contributed by atoms with Crippen LogP contribution in [0.25, 0.3) is 0 Å². The van der Waals surface area contributed by atoms with E-state index in [1.807, 2.05) is 0 Å². The van der Waals surface area contributed by atoms with Crippen molar-refractivity contribution in [2.24, 2.45) is 5.92 Å². The summed E-state index contributed by atoms with van der Waals surface area (Å²) in [5.41, 5.74) is 0.539. The Kier molecular flexibility index (Phi) is 7.69. The second-order valence-electron chi connectivity index (χ2n) is 7.36. The molecule has 2 amide bonds. The van der Waals surface area contributed by atoms with Crippen LogP contribution in [0.3, 0.4) is 0 Å². The Morgan fingerprint density at radius 1 is 1.40 bits per heavy atom. The van der Waals surface area contributed by atoms with Gasteiger partial charge in [-0.1, -0.05) is 25.4 Å². The van der Waals surface area contributed by atoms with Gasteiger partial charge < -0.3 is 20.7 Å². The van der Waals surface area contributed by atoms with Crippen molar-refractivity contribution in [2.75, 3.05) is 23.8 Å². The van der Waals surface area contributed by atoms with Crippen molar-refractivity contribution in [3.05, 3.63) is 45.5 Å². The number of benzene rings is 1. The van der Waals surface area contributed by atoms with Gasteiger partial charge in [0.25, 0.3) is 5.91 Å². The van der Waals surface area contributed by atoms with Gasteiger partial charge in [0.2, 0.25) is 5.91 Å². The summed E-state index contributed by atoms with van der Waals surface area (Å²) in [5, 5.41) is 9.28. The van der Waals surface area contributed by atoms with E-state index in [-0.39, 0.29) is 17.4 Å². The molecule has 0 spiro atoms. The molecule has 1 aromatic carbocycles. The van der Waals surface area contributed by atoms with Gasteiger partial charge in [0.05, 0.1) is 17.9 Å². The van der Waals surface area contributed by atoms with Gasteiger partial charge in [0.15, 0.2) is 0 Å². The normalized spacial score (nSPS) is 16.2. The third kappa shape index (κ3) is 5.93. The fourth-order valence-corrected chi connectivity index (χ4v) is 3.57. The lowest BCUT2D eigenvalue weighted by Gasteiger charge is -2.24. The highest BCUT2D eigenvalue weighted by Gasteiger charge is 2.26. The van der Waals surface area contributed by atoms with Crippen LogP contribution in [0, 0.1) is 5.92 Å². The summed E-state index contributed by atoms with van der Waals surface area (Å²) in [4.78, 5) is 30.0. The van der Waals surface area contributed by atoms with Crippen LogP contribution in [0.5, 0.6) is 5.75 Å². The SMILES string of the molecule is CC(C)NCCC1CCOc2cc(Cl)cc(C(=O)Nc3ccc(Br)cn3)c2NC1=O. The molecule has 0 saturated carbocycles. The van der Waals surface area contributed by atoms with E-state index in [0.717, 1.165) is 11.0 Å². The van der Waals surface area contributed by atoms with Crippen molar-refractivity contribution in [3.63, 3.8) is 0 Å². The fraction of sp³-hybridized carbons (Fsp3) is 0.381. The summed E-state index contributed by atoms with van der Waals surface area (Å²) in [6.45, 7) is 5.22. The van der Waals surface area contributed by atoms with Crippen LogP contribution >= 0.6 is 27.5 Å². The average Bonchev–Trinajstić information content (AvgIpc) is 2.68. The monoisotopic (exact) mass is 494 g/mol. The molecule has 3 N–H and O–H groups in total. The van der Waals surface area contributed by atoms with Gasteiger partial charge in [0.1, 0.15) is 11.6 Å². The minimum absolute atomic E-state index is 0.136. The molecule has 0 bridgehead atoms. The third-order valence-corrected chi connectivity index (χ3v) is 5.36. The molecular weight excluding hydrogens is 472 g/mol. The maximum Gasteiger partial charge on any atom is 0.259 e. The third-order valence-electron chi connectivity index (χ3n) is 4.67. The highest BCUT2D eigenvalue weighted by Crippen LogP contribution is 2.35. The predicted molar refractivity (Wildman–Crippen MR) is 121 cm³/mol. The van der Waals surface area contributed by atoms with Crippen LogP contribution in [-0.2, 0) is 4.79 Å². The van der Waals surface area contributed by atoms with Crippen molar-refractivity contribution in [1.82, 2.24) is 10.3 Å². The predicted octanol–water partition coefficient (Wildman–Crippen LogP) is 4.48. The zero-order chi connectivity index (χ0) is 21.7. The van der Waals surface area contributed by atoms with Crippen molar-refractivity contribution in [3.8, 4) is 5.75 Å². The van der Waals surface area contributed by atoms with Crippen LogP contribution in [-0.4, -0.2) is 36.0 Å². The summed E-state index contributed by atoms with van der Waals surface area (Å²) in [6.07, 6.45) is 2.85. The quantitative estimate of drug-likeness (QED) is 0.550. The number of carbonyl (C=O) groups excluding carboxylic acids is 2. The Morgan fingerprint density at radius 3 is 2.90 bits per heavy atom. The molecule has 1 atom stereocenters. The van der Waals surface area contributed by atoms with Gasteiger partial charge in [-0.15, -0.1) is 0 Å². The minimum atomic E-state index is -0.439. The standard InChI is InChI=1S/C21H24BrClN4O3/c1-12(2)24-7-5-13-6-8-30-17-10-15(23)9-16(19(17)27-20(13)28)21(29)26-18-4-3-14(22)11-25-18/h3-4,9-13,24H,5-8H2,1-2H3,(H,27,28)(H,25,26,29). The van der Waals surface area contributed by atoms with E-state index < -0.39 is 5.91 Å². The van der Waals surface area contributed by atoms with Crippen molar-refractivity contribution in [2.45, 2.75) is 32.7 Å². The largest absolute Gasteiger partial charge is 0.491 e. The molecule has 30 heavy (non-hydrogen) atoms. The maximum absolute atomic E-state index is 12.9. The Labute approximate surface area is 189 Å². The number of rotatable bonds is 6. The molecule has 0 aliphatic carbocycles. The summed E-state index contributed by atoms with van der Waals surface area (Å²) in [5.74, 6) is -0.0328. The Balaban J connectivity index is 1.82. The number of carbonyl (C=O) groups is 2. The van der Waals surface area contributed by atoms with E-state index in [0.29, 0.717) is 47.8 Å². The van der Waals surface area contributed by atoms with Gasteiger partial charge in [-0.3, -0.25) is 9.59 Å². The number of hydrogen-bond donors (Lipinski definition) is 3. The number of nitrogens with zero attached hydrogens (tertiary/aromatic N) is 1. The van der Waals surface area contributed by atoms with Crippen LogP contribution < -0.4 is 20.7 Å². The molecule has 160 valence electrons. The molecule has 3 rings (SSSR count). The van der Waals surface area contributed by atoms with Gasteiger partial charge >= 0.3 is 0 Å². The van der Waals surface area contributed by atoms with Crippen molar-refractivity contribution >= 4 is 50.9 Å². The number of ether oxygens (including phenoxy) is 1. The summed E-state index contributed by atoms with van der Waals surface area (Å²) < 4.78 is 6.65. The molecule has 1 aliphatic heterocycles. The molecule has 1 aromatic heterocycles. The topological polar surface area (TPSA) is 92.3 Å². The second kappa shape index (κ2) is 10.2. The van der Waals surface area contributed by atoms with E-state index in [2.05, 4.69) is 50.7 Å². The molecule has 7 nitrogen and oxygen atoms in total. The van der Waals surface area contributed by atoms with E-state index in [1.165, 1.54) is 6.07 Å². The molecular formula is C21H24BrClN4O3. The molecule has 1 unspecified atom stereocenters. The first-order valence-electron chi connectivity index (χ1n) is 9.77. The highest BCUT2D eigenvalue weighted by molar-refractivity contribution is 9.10. The van der Waals surface area contributed by atoms with Crippen LogP contribution in [0.2, 0.25) is 5.02 Å². The maximum atomic E-state index is 12.9. The van der Waals surface area contributed by atoms with Crippen LogP contribution in [0.15, 0.2) is 34.9 Å². The van der Waals surface area contributed by atoms with Crippen LogP contribution in [0.4, 0.5) is 11.5 Å². The van der Waals surface area contributed by atoms with E-state index in [9.17, 15) is 9.59 Å². The first-order chi connectivity index (χ1) is 14.3. The van der Waals surface area contributed by atoms with Crippen molar-refractivity contribution < 1.29 is 14.3 Å². The molecule has 2 heterocycles. The first kappa shape index (κ1) is 22.5. The van der Waals surface area contributed by atoms with E-state index in [1.54, 1.807) is 24.4 Å². The number of nitrogens with one attached hydrogen (secondary N) is 3. The summed E-state index contributed by atoms with van der Waals surface area (Å²) in [7, 11) is 0. The molecule has 2 aromatic rings. The van der Waals surface area contributed by atoms with Crippen molar-refractivity contribution in [1.29, 1.82) is 0 Å². The summed E-state index contributed by atoms with van der Waals surface area (Å²) in [6, 6.07) is 6.90. The number of amides is 2. The average molecular weight is 496 g/mol. The van der Waals surface area contributed by atoms with Gasteiger partial charge in [0, 0.05) is 33.7 Å². The smallest absolute Gasteiger partial charge is 0.259 e. The zero-order valence-corrected chi connectivity index (χ0v) is 19.1. The number of pyridine rings is 1. The summed E-state index contributed by atoms with van der Waals surface area (Å²) >= 11 is 9.51. The lowest BCUT2D eigenvalue weighted by molar-refractivity contribution is -0.120. The fourth-order valence-electron chi connectivity index (χ4n) is 3.13. The molecule has 9 heteroatoms. The number of hydrogen-bond acceptors (Lipinski definition) is 5. The number of halogens is 2. The zero-order valence-electron chi connectivity index (χ0n) is 16.8. The second-order valence-corrected chi connectivity index (χ2v) is 8.72. The minimum Gasteiger partial charge on any atom is -0.491 e. The van der Waals surface area contributed by atoms with E-state index in [4.69, 9.17) is 16.3 Å².